The lowest BCUT2D eigenvalue weighted by molar-refractivity contribution is -0.148. The first-order chi connectivity index (χ1) is 9.42. The highest BCUT2D eigenvalue weighted by atomic mass is 32.2. The first kappa shape index (κ1) is 14.7. The Labute approximate surface area is 118 Å². The van der Waals surface area contributed by atoms with Crippen LogP contribution in [-0.2, 0) is 23.8 Å². The third-order valence-electron chi connectivity index (χ3n) is 2.89. The molecule has 6 heteroatoms. The smallest absolute Gasteiger partial charge is 0.333 e. The Morgan fingerprint density at radius 2 is 1.90 bits per heavy atom. The van der Waals surface area contributed by atoms with E-state index in [4.69, 9.17) is 8.92 Å². The van der Waals surface area contributed by atoms with Gasteiger partial charge in [0.1, 0.15) is 0 Å². The van der Waals surface area contributed by atoms with Crippen LogP contribution in [-0.4, -0.2) is 20.7 Å². The van der Waals surface area contributed by atoms with Gasteiger partial charge in [-0.2, -0.15) is 8.42 Å². The zero-order valence-corrected chi connectivity index (χ0v) is 12.1. The summed E-state index contributed by atoms with van der Waals surface area (Å²) in [5.41, 5.74) is 1.50. The van der Waals surface area contributed by atoms with Crippen LogP contribution in [0.25, 0.3) is 0 Å². The zero-order valence-electron chi connectivity index (χ0n) is 11.3. The molecule has 0 amide bonds. The van der Waals surface area contributed by atoms with Crippen molar-refractivity contribution in [1.29, 1.82) is 0 Å². The van der Waals surface area contributed by atoms with E-state index in [-0.39, 0.29) is 4.90 Å². The Hall–Kier alpha value is -1.66. The summed E-state index contributed by atoms with van der Waals surface area (Å²) >= 11 is 0. The molecule has 0 aliphatic carbocycles. The van der Waals surface area contributed by atoms with Crippen LogP contribution >= 0.6 is 0 Å². The van der Waals surface area contributed by atoms with E-state index >= 15 is 0 Å². The van der Waals surface area contributed by atoms with Crippen molar-refractivity contribution >= 4 is 16.1 Å². The van der Waals surface area contributed by atoms with Crippen molar-refractivity contribution < 1.29 is 22.1 Å². The molecule has 0 fully saturated rings. The molecule has 1 aliphatic heterocycles. The van der Waals surface area contributed by atoms with Gasteiger partial charge in [0, 0.05) is 11.6 Å². The molecule has 0 saturated carbocycles. The van der Waals surface area contributed by atoms with E-state index < -0.39 is 22.4 Å². The van der Waals surface area contributed by atoms with Crippen LogP contribution in [0.15, 0.2) is 40.8 Å². The molecule has 0 saturated heterocycles. The van der Waals surface area contributed by atoms with Gasteiger partial charge in [0.25, 0.3) is 0 Å². The quantitative estimate of drug-likeness (QED) is 0.616. The molecule has 1 aliphatic rings. The molecule has 5 nitrogen and oxygen atoms in total. The van der Waals surface area contributed by atoms with Crippen molar-refractivity contribution in [3.8, 4) is 0 Å². The number of benzene rings is 1. The summed E-state index contributed by atoms with van der Waals surface area (Å²) in [4.78, 5) is 11.3. The summed E-state index contributed by atoms with van der Waals surface area (Å²) < 4.78 is 34.1. The minimum Gasteiger partial charge on any atom is -0.427 e. The van der Waals surface area contributed by atoms with Gasteiger partial charge in [0.15, 0.2) is 0 Å². The topological polar surface area (TPSA) is 69.7 Å². The molecule has 0 bridgehead atoms. The third-order valence-corrected chi connectivity index (χ3v) is 4.17. The number of hydrogen-bond acceptors (Lipinski definition) is 5. The fraction of sp³-hybridized carbons (Fsp3) is 0.357. The van der Waals surface area contributed by atoms with Crippen LogP contribution in [0.1, 0.15) is 25.3 Å². The predicted octanol–water partition coefficient (Wildman–Crippen LogP) is 2.31. The summed E-state index contributed by atoms with van der Waals surface area (Å²) in [5.74, 6) is -0.572. The lowest BCUT2D eigenvalue weighted by Gasteiger charge is -2.14. The second-order valence-electron chi connectivity index (χ2n) is 4.60. The van der Waals surface area contributed by atoms with E-state index in [0.29, 0.717) is 12.0 Å². The van der Waals surface area contributed by atoms with E-state index in [2.05, 4.69) is 0 Å². The molecule has 108 valence electrons. The SMILES string of the molecule is CCCC1=CC(=O)OC1OS(=O)(=O)c1ccc(C)cc1. The standard InChI is InChI=1S/C14H16O5S/c1-3-4-11-9-13(15)18-14(11)19-20(16,17)12-7-5-10(2)6-8-12/h5-9,14H,3-4H2,1-2H3. The second-order valence-corrected chi connectivity index (χ2v) is 6.17. The van der Waals surface area contributed by atoms with Crippen LogP contribution < -0.4 is 0 Å². The van der Waals surface area contributed by atoms with Gasteiger partial charge in [-0.1, -0.05) is 31.0 Å². The van der Waals surface area contributed by atoms with Crippen molar-refractivity contribution in [1.82, 2.24) is 0 Å². The van der Waals surface area contributed by atoms with E-state index in [1.807, 2.05) is 13.8 Å². The van der Waals surface area contributed by atoms with Crippen molar-refractivity contribution in [2.45, 2.75) is 37.9 Å². The van der Waals surface area contributed by atoms with Gasteiger partial charge < -0.3 is 4.74 Å². The summed E-state index contributed by atoms with van der Waals surface area (Å²) in [7, 11) is -3.95. The normalized spacial score (nSPS) is 18.8. The van der Waals surface area contributed by atoms with Crippen LogP contribution in [0.4, 0.5) is 0 Å². The largest absolute Gasteiger partial charge is 0.427 e. The third kappa shape index (κ3) is 3.26. The number of carbonyl (C=O) groups excluding carboxylic acids is 1. The second kappa shape index (κ2) is 5.76. The first-order valence-corrected chi connectivity index (χ1v) is 7.74. The molecule has 1 atom stereocenters. The van der Waals surface area contributed by atoms with Gasteiger partial charge >= 0.3 is 16.1 Å². The molecule has 1 heterocycles. The number of carbonyl (C=O) groups is 1. The number of esters is 1. The molecular weight excluding hydrogens is 280 g/mol. The number of ether oxygens (including phenoxy) is 1. The number of rotatable bonds is 5. The van der Waals surface area contributed by atoms with Gasteiger partial charge in [-0.3, -0.25) is 0 Å². The van der Waals surface area contributed by atoms with Crippen LogP contribution in [0.2, 0.25) is 0 Å². The molecule has 1 aromatic rings. The fourth-order valence-electron chi connectivity index (χ4n) is 1.87. The molecule has 20 heavy (non-hydrogen) atoms. The van der Waals surface area contributed by atoms with Crippen LogP contribution in [0.3, 0.4) is 0 Å². The summed E-state index contributed by atoms with van der Waals surface area (Å²) in [5, 5.41) is 0. The van der Waals surface area contributed by atoms with E-state index in [9.17, 15) is 13.2 Å². The lowest BCUT2D eigenvalue weighted by atomic mass is 10.1. The molecule has 1 unspecified atom stereocenters. The van der Waals surface area contributed by atoms with Gasteiger partial charge in [-0.15, -0.1) is 0 Å². The van der Waals surface area contributed by atoms with Gasteiger partial charge in [-0.05, 0) is 25.5 Å². The van der Waals surface area contributed by atoms with E-state index in [1.54, 1.807) is 12.1 Å². The Morgan fingerprint density at radius 3 is 2.50 bits per heavy atom. The summed E-state index contributed by atoms with van der Waals surface area (Å²) in [6.07, 6.45) is 1.47. The minimum atomic E-state index is -3.95. The lowest BCUT2D eigenvalue weighted by Crippen LogP contribution is -2.21. The molecule has 0 radical (unpaired) electrons. The summed E-state index contributed by atoms with van der Waals surface area (Å²) in [6, 6.07) is 6.29. The first-order valence-electron chi connectivity index (χ1n) is 6.33. The monoisotopic (exact) mass is 296 g/mol. The molecule has 0 N–H and O–H groups in total. The maximum absolute atomic E-state index is 12.1. The molecular formula is C14H16O5S. The average molecular weight is 296 g/mol. The average Bonchev–Trinajstić information content (AvgIpc) is 2.70. The summed E-state index contributed by atoms with van der Waals surface area (Å²) in [6.45, 7) is 3.78. The van der Waals surface area contributed by atoms with Gasteiger partial charge in [0.05, 0.1) is 4.90 Å². The Bertz CT molecular complexity index is 628. The molecule has 2 rings (SSSR count). The van der Waals surface area contributed by atoms with Crippen LogP contribution in [0, 0.1) is 6.92 Å². The minimum absolute atomic E-state index is 0.0434. The predicted molar refractivity (Wildman–Crippen MR) is 72.3 cm³/mol. The Kier molecular flexibility index (Phi) is 4.25. The van der Waals surface area contributed by atoms with E-state index in [0.717, 1.165) is 12.0 Å². The van der Waals surface area contributed by atoms with Crippen molar-refractivity contribution in [2.24, 2.45) is 0 Å². The number of hydrogen-bond donors (Lipinski definition) is 0. The highest BCUT2D eigenvalue weighted by Gasteiger charge is 2.31. The highest BCUT2D eigenvalue weighted by molar-refractivity contribution is 7.86. The highest BCUT2D eigenvalue weighted by Crippen LogP contribution is 2.25. The zero-order chi connectivity index (χ0) is 14.8. The van der Waals surface area contributed by atoms with E-state index in [1.165, 1.54) is 18.2 Å². The van der Waals surface area contributed by atoms with Crippen molar-refractivity contribution in [3.05, 3.63) is 41.5 Å². The van der Waals surface area contributed by atoms with Crippen LogP contribution in [0.5, 0.6) is 0 Å². The number of cyclic esters (lactones) is 1. The van der Waals surface area contributed by atoms with Gasteiger partial charge in [0.2, 0.25) is 6.29 Å². The molecule has 0 aromatic heterocycles. The number of aryl methyl sites for hydroxylation is 1. The fourth-order valence-corrected chi connectivity index (χ4v) is 2.84. The Balaban J connectivity index is 2.18. The van der Waals surface area contributed by atoms with Crippen molar-refractivity contribution in [3.63, 3.8) is 0 Å². The van der Waals surface area contributed by atoms with Crippen molar-refractivity contribution in [2.75, 3.05) is 0 Å². The maximum atomic E-state index is 12.1. The van der Waals surface area contributed by atoms with Gasteiger partial charge in [-0.25, -0.2) is 8.98 Å². The Morgan fingerprint density at radius 1 is 1.25 bits per heavy atom. The molecule has 1 aromatic carbocycles. The maximum Gasteiger partial charge on any atom is 0.333 e. The molecule has 0 spiro atoms.